The third kappa shape index (κ3) is 6.84. The van der Waals surface area contributed by atoms with Crippen LogP contribution in [0.1, 0.15) is 59.9 Å². The molecule has 1 saturated carbocycles. The lowest BCUT2D eigenvalue weighted by molar-refractivity contribution is -0.138. The summed E-state index contributed by atoms with van der Waals surface area (Å²) in [7, 11) is 0. The molecule has 8 nitrogen and oxygen atoms in total. The first-order valence-corrected chi connectivity index (χ1v) is 13.3. The van der Waals surface area contributed by atoms with Crippen molar-refractivity contribution in [2.24, 2.45) is 5.92 Å². The number of aromatic nitrogens is 1. The van der Waals surface area contributed by atoms with Crippen LogP contribution in [0.3, 0.4) is 0 Å². The molecule has 3 aromatic rings. The van der Waals surface area contributed by atoms with Crippen LogP contribution in [0.4, 0.5) is 4.39 Å². The van der Waals surface area contributed by atoms with Crippen molar-refractivity contribution in [1.29, 1.82) is 0 Å². The molecule has 4 rings (SSSR count). The zero-order valence-electron chi connectivity index (χ0n) is 22.2. The number of halogens is 2. The van der Waals surface area contributed by atoms with Crippen molar-refractivity contribution >= 4 is 46.0 Å². The number of hydrogen-bond acceptors (Lipinski definition) is 4. The van der Waals surface area contributed by atoms with E-state index in [4.69, 9.17) is 11.6 Å². The molecule has 2 N–H and O–H groups in total. The lowest BCUT2D eigenvalue weighted by Crippen LogP contribution is -2.45. The number of hydrogen-bond donors (Lipinski definition) is 2. The van der Waals surface area contributed by atoms with Crippen LogP contribution in [0.5, 0.6) is 0 Å². The summed E-state index contributed by atoms with van der Waals surface area (Å²) in [4.78, 5) is 52.4. The van der Waals surface area contributed by atoms with E-state index in [9.17, 15) is 23.6 Å². The van der Waals surface area contributed by atoms with E-state index < -0.39 is 11.7 Å². The van der Waals surface area contributed by atoms with Gasteiger partial charge in [-0.15, -0.1) is 0 Å². The highest BCUT2D eigenvalue weighted by Crippen LogP contribution is 2.28. The Kier molecular flexibility index (Phi) is 8.70. The average Bonchev–Trinajstić information content (AvgIpc) is 3.66. The second kappa shape index (κ2) is 12.0. The van der Waals surface area contributed by atoms with Crippen LogP contribution in [-0.2, 0) is 22.7 Å². The first-order valence-electron chi connectivity index (χ1n) is 13.0. The van der Waals surface area contributed by atoms with Crippen molar-refractivity contribution < 1.29 is 23.6 Å². The van der Waals surface area contributed by atoms with Gasteiger partial charge in [-0.25, -0.2) is 4.39 Å². The Labute approximate surface area is 231 Å². The number of rotatable bonds is 11. The summed E-state index contributed by atoms with van der Waals surface area (Å²) in [5.41, 5.74) is 1.74. The van der Waals surface area contributed by atoms with Crippen LogP contribution in [-0.4, -0.2) is 52.1 Å². The molecule has 1 fully saturated rings. The fourth-order valence-electron chi connectivity index (χ4n) is 4.40. The van der Waals surface area contributed by atoms with Crippen molar-refractivity contribution in [3.63, 3.8) is 0 Å². The van der Waals surface area contributed by atoms with Gasteiger partial charge in [0.15, 0.2) is 5.78 Å². The van der Waals surface area contributed by atoms with Crippen LogP contribution >= 0.6 is 11.6 Å². The first-order chi connectivity index (χ1) is 18.5. The normalized spacial score (nSPS) is 13.0. The SMILES string of the molecule is CC(=O)c1cn(CC(=O)N(CC(=O)NCc2cccc(Cl)c2F)C(C)C)c2ccc(C(=O)NCC3CC3)cc12. The molecule has 0 spiro atoms. The summed E-state index contributed by atoms with van der Waals surface area (Å²) in [5, 5.41) is 6.12. The summed E-state index contributed by atoms with van der Waals surface area (Å²) in [5.74, 6) is -1.21. The lowest BCUT2D eigenvalue weighted by atomic mass is 10.1. The molecular formula is C29H32ClFN4O4. The molecule has 206 valence electrons. The van der Waals surface area contributed by atoms with Crippen molar-refractivity contribution in [3.05, 3.63) is 70.1 Å². The molecule has 0 unspecified atom stereocenters. The van der Waals surface area contributed by atoms with Crippen molar-refractivity contribution in [2.45, 2.75) is 52.7 Å². The smallest absolute Gasteiger partial charge is 0.251 e. The van der Waals surface area contributed by atoms with Crippen molar-refractivity contribution in [2.75, 3.05) is 13.1 Å². The predicted octanol–water partition coefficient (Wildman–Crippen LogP) is 4.33. The van der Waals surface area contributed by atoms with E-state index in [0.717, 1.165) is 12.8 Å². The lowest BCUT2D eigenvalue weighted by Gasteiger charge is -2.26. The Morgan fingerprint density at radius 3 is 2.54 bits per heavy atom. The van der Waals surface area contributed by atoms with Crippen LogP contribution in [0.25, 0.3) is 10.9 Å². The van der Waals surface area contributed by atoms with Gasteiger partial charge in [-0.05, 0) is 63.8 Å². The molecule has 3 amide bonds. The molecule has 1 heterocycles. The van der Waals surface area contributed by atoms with E-state index >= 15 is 0 Å². The van der Waals surface area contributed by atoms with Gasteiger partial charge in [0.2, 0.25) is 11.8 Å². The van der Waals surface area contributed by atoms with E-state index in [1.807, 2.05) is 0 Å². The molecule has 1 aliphatic carbocycles. The molecule has 10 heteroatoms. The highest BCUT2D eigenvalue weighted by molar-refractivity contribution is 6.30. The third-order valence-corrected chi connectivity index (χ3v) is 7.13. The van der Waals surface area contributed by atoms with Gasteiger partial charge in [-0.1, -0.05) is 23.7 Å². The molecule has 0 radical (unpaired) electrons. The Hall–Kier alpha value is -3.72. The molecule has 0 aliphatic heterocycles. The second-order valence-electron chi connectivity index (χ2n) is 10.2. The molecule has 0 atom stereocenters. The maximum Gasteiger partial charge on any atom is 0.251 e. The highest BCUT2D eigenvalue weighted by atomic mass is 35.5. The van der Waals surface area contributed by atoms with E-state index in [0.29, 0.717) is 34.5 Å². The van der Waals surface area contributed by atoms with Crippen molar-refractivity contribution in [1.82, 2.24) is 20.1 Å². The van der Waals surface area contributed by atoms with Gasteiger partial charge in [-0.3, -0.25) is 19.2 Å². The minimum atomic E-state index is -0.597. The van der Waals surface area contributed by atoms with Gasteiger partial charge in [0.25, 0.3) is 5.91 Å². The van der Waals surface area contributed by atoms with Gasteiger partial charge in [0.05, 0.1) is 11.6 Å². The van der Waals surface area contributed by atoms with Crippen LogP contribution in [0, 0.1) is 11.7 Å². The third-order valence-electron chi connectivity index (χ3n) is 6.84. The summed E-state index contributed by atoms with van der Waals surface area (Å²) in [6.07, 6.45) is 3.86. The standard InChI is InChI=1S/C29H32ClFN4O4/c1-17(2)35(15-26(37)32-13-21-5-4-6-24(30)28(21)31)27(38)16-34-14-23(18(3)36)22-11-20(9-10-25(22)34)29(39)33-12-19-7-8-19/h4-6,9-11,14,17,19H,7-8,12-13,15-16H2,1-3H3,(H,32,37)(H,33,39). The maximum atomic E-state index is 14.1. The van der Waals surface area contributed by atoms with E-state index in [1.54, 1.807) is 48.9 Å². The van der Waals surface area contributed by atoms with Crippen LogP contribution in [0.2, 0.25) is 5.02 Å². The molecule has 2 aromatic carbocycles. The van der Waals surface area contributed by atoms with Crippen molar-refractivity contribution in [3.8, 4) is 0 Å². The number of Topliss-reactive ketones (excluding diaryl/α,β-unsaturated/α-hetero) is 1. The molecular weight excluding hydrogens is 523 g/mol. The zero-order valence-corrected chi connectivity index (χ0v) is 23.0. The first kappa shape index (κ1) is 28.3. The minimum absolute atomic E-state index is 0.0318. The van der Waals surface area contributed by atoms with E-state index in [1.165, 1.54) is 24.0 Å². The molecule has 0 bridgehead atoms. The number of nitrogens with zero attached hydrogens (tertiary/aromatic N) is 2. The van der Waals surface area contributed by atoms with E-state index in [2.05, 4.69) is 10.6 Å². The molecule has 0 saturated heterocycles. The van der Waals surface area contributed by atoms with Gasteiger partial charge in [0, 0.05) is 52.9 Å². The number of carbonyl (C=O) groups is 4. The number of carbonyl (C=O) groups excluding carboxylic acids is 4. The van der Waals surface area contributed by atoms with Crippen LogP contribution in [0.15, 0.2) is 42.6 Å². The molecule has 1 aromatic heterocycles. The molecule has 39 heavy (non-hydrogen) atoms. The topological polar surface area (TPSA) is 101 Å². The number of benzene rings is 2. The Morgan fingerprint density at radius 1 is 1.13 bits per heavy atom. The monoisotopic (exact) mass is 554 g/mol. The number of ketones is 1. The summed E-state index contributed by atoms with van der Waals surface area (Å²) >= 11 is 5.80. The summed E-state index contributed by atoms with van der Waals surface area (Å²) in [6, 6.07) is 9.34. The van der Waals surface area contributed by atoms with Crippen LogP contribution < -0.4 is 10.6 Å². The summed E-state index contributed by atoms with van der Waals surface area (Å²) in [6.45, 7) is 5.28. The Bertz CT molecular complexity index is 1430. The Morgan fingerprint density at radius 2 is 1.87 bits per heavy atom. The fourth-order valence-corrected chi connectivity index (χ4v) is 4.59. The largest absolute Gasteiger partial charge is 0.352 e. The quantitative estimate of drug-likeness (QED) is 0.345. The Balaban J connectivity index is 1.47. The number of amides is 3. The number of nitrogens with one attached hydrogen (secondary N) is 2. The second-order valence-corrected chi connectivity index (χ2v) is 10.6. The zero-order chi connectivity index (χ0) is 28.3. The van der Waals surface area contributed by atoms with E-state index in [-0.39, 0.29) is 53.9 Å². The average molecular weight is 555 g/mol. The highest BCUT2D eigenvalue weighted by Gasteiger charge is 2.24. The predicted molar refractivity (Wildman–Crippen MR) is 147 cm³/mol. The number of fused-ring (bicyclic) bond motifs is 1. The van der Waals surface area contributed by atoms with Gasteiger partial charge < -0.3 is 20.1 Å². The summed E-state index contributed by atoms with van der Waals surface area (Å²) < 4.78 is 15.8. The minimum Gasteiger partial charge on any atom is -0.352 e. The molecule has 1 aliphatic rings. The fraction of sp³-hybridized carbons (Fsp3) is 0.379. The maximum absolute atomic E-state index is 14.1. The van der Waals surface area contributed by atoms with Gasteiger partial charge >= 0.3 is 0 Å². The van der Waals surface area contributed by atoms with Gasteiger partial charge in [0.1, 0.15) is 12.4 Å². The van der Waals surface area contributed by atoms with Gasteiger partial charge in [-0.2, -0.15) is 0 Å².